The zero-order valence-corrected chi connectivity index (χ0v) is 21.3. The number of benzene rings is 3. The Kier molecular flexibility index (Phi) is 9.18. The van der Waals surface area contributed by atoms with Gasteiger partial charge in [0.2, 0.25) is 0 Å². The van der Waals surface area contributed by atoms with Crippen molar-refractivity contribution in [2.24, 2.45) is 5.92 Å². The molecule has 1 unspecified atom stereocenters. The summed E-state index contributed by atoms with van der Waals surface area (Å²) in [6, 6.07) is 12.1. The predicted molar refractivity (Wildman–Crippen MR) is 135 cm³/mol. The molecule has 0 spiro atoms. The van der Waals surface area contributed by atoms with E-state index in [2.05, 4.69) is 5.32 Å². The molecule has 8 heteroatoms. The Labute approximate surface area is 214 Å². The highest BCUT2D eigenvalue weighted by Crippen LogP contribution is 2.33. The molecule has 0 aliphatic rings. The molecule has 0 aliphatic heterocycles. The lowest BCUT2D eigenvalue weighted by molar-refractivity contribution is 0.0526. The fourth-order valence-electron chi connectivity index (χ4n) is 3.64. The molecule has 37 heavy (non-hydrogen) atoms. The van der Waals surface area contributed by atoms with Gasteiger partial charge in [-0.3, -0.25) is 0 Å². The zero-order valence-electron chi connectivity index (χ0n) is 21.3. The third-order valence-electron chi connectivity index (χ3n) is 5.49. The largest absolute Gasteiger partial charge is 0.493 e. The standard InChI is InChI=1S/C29H31F4NO3/c1-18(6-5-11-34-28(35)37-29(2,3)4)17-36-23-13-21(19-7-9-24(30)26(32)15-19)12-22(14-23)20-8-10-25(31)27(33)16-20/h7-10,12-16,18H,5-6,11,17H2,1-4H3,(H,34,35). The summed E-state index contributed by atoms with van der Waals surface area (Å²) in [6.07, 6.45) is 1.03. The van der Waals surface area contributed by atoms with Crippen molar-refractivity contribution >= 4 is 6.09 Å². The molecule has 1 atom stereocenters. The van der Waals surface area contributed by atoms with Crippen molar-refractivity contribution in [2.45, 2.75) is 46.1 Å². The van der Waals surface area contributed by atoms with Gasteiger partial charge in [0, 0.05) is 6.54 Å². The van der Waals surface area contributed by atoms with Crippen LogP contribution >= 0.6 is 0 Å². The van der Waals surface area contributed by atoms with Gasteiger partial charge in [0.25, 0.3) is 0 Å². The molecule has 4 nitrogen and oxygen atoms in total. The number of hydrogen-bond donors (Lipinski definition) is 1. The van der Waals surface area contributed by atoms with Crippen molar-refractivity contribution < 1.29 is 31.8 Å². The van der Waals surface area contributed by atoms with E-state index < -0.39 is 35.0 Å². The first kappa shape index (κ1) is 28.0. The van der Waals surface area contributed by atoms with Crippen LogP contribution in [0.1, 0.15) is 40.5 Å². The molecule has 1 amide bonds. The maximum absolute atomic E-state index is 13.9. The Morgan fingerprint density at radius 3 is 1.84 bits per heavy atom. The summed E-state index contributed by atoms with van der Waals surface area (Å²) in [7, 11) is 0. The summed E-state index contributed by atoms with van der Waals surface area (Å²) in [5.41, 5.74) is 1.33. The summed E-state index contributed by atoms with van der Waals surface area (Å²) in [6.45, 7) is 8.21. The van der Waals surface area contributed by atoms with Crippen LogP contribution in [-0.4, -0.2) is 24.8 Å². The number of rotatable bonds is 9. The minimum Gasteiger partial charge on any atom is -0.493 e. The molecule has 0 aromatic heterocycles. The monoisotopic (exact) mass is 517 g/mol. The number of carbonyl (C=O) groups is 1. The topological polar surface area (TPSA) is 47.6 Å². The van der Waals surface area contributed by atoms with E-state index in [-0.39, 0.29) is 5.92 Å². The second kappa shape index (κ2) is 12.1. The molecule has 3 aromatic rings. The molecular weight excluding hydrogens is 486 g/mol. The summed E-state index contributed by atoms with van der Waals surface area (Å²) < 4.78 is 65.9. The number of halogens is 4. The van der Waals surface area contributed by atoms with Crippen molar-refractivity contribution in [3.63, 3.8) is 0 Å². The highest BCUT2D eigenvalue weighted by molar-refractivity contribution is 5.75. The van der Waals surface area contributed by atoms with E-state index in [1.807, 2.05) is 6.92 Å². The number of hydrogen-bond acceptors (Lipinski definition) is 3. The van der Waals surface area contributed by atoms with E-state index in [4.69, 9.17) is 9.47 Å². The van der Waals surface area contributed by atoms with Crippen LogP contribution in [0.15, 0.2) is 54.6 Å². The van der Waals surface area contributed by atoms with Gasteiger partial charge >= 0.3 is 6.09 Å². The van der Waals surface area contributed by atoms with Crippen molar-refractivity contribution in [3.8, 4) is 28.0 Å². The van der Waals surface area contributed by atoms with Gasteiger partial charge < -0.3 is 14.8 Å². The van der Waals surface area contributed by atoms with Gasteiger partial charge in [-0.15, -0.1) is 0 Å². The van der Waals surface area contributed by atoms with Crippen molar-refractivity contribution in [3.05, 3.63) is 77.9 Å². The van der Waals surface area contributed by atoms with Crippen molar-refractivity contribution in [1.82, 2.24) is 5.32 Å². The van der Waals surface area contributed by atoms with Crippen molar-refractivity contribution in [1.29, 1.82) is 0 Å². The quantitative estimate of drug-likeness (QED) is 0.232. The minimum atomic E-state index is -0.994. The fourth-order valence-corrected chi connectivity index (χ4v) is 3.64. The maximum atomic E-state index is 13.9. The van der Waals surface area contributed by atoms with E-state index >= 15 is 0 Å². The molecule has 0 bridgehead atoms. The van der Waals surface area contributed by atoms with E-state index in [0.29, 0.717) is 41.2 Å². The van der Waals surface area contributed by atoms with Gasteiger partial charge in [-0.05, 0) is 104 Å². The molecule has 0 aliphatic carbocycles. The fraction of sp³-hybridized carbons (Fsp3) is 0.345. The highest BCUT2D eigenvalue weighted by atomic mass is 19.2. The SMILES string of the molecule is CC(CCCNC(=O)OC(C)(C)C)COc1cc(-c2ccc(F)c(F)c2)cc(-c2ccc(F)c(F)c2)c1. The average Bonchev–Trinajstić information content (AvgIpc) is 2.82. The summed E-state index contributed by atoms with van der Waals surface area (Å²) >= 11 is 0. The number of alkyl carbamates (subject to hydrolysis) is 1. The van der Waals surface area contributed by atoms with Crippen LogP contribution in [0.2, 0.25) is 0 Å². The number of carbonyl (C=O) groups excluding carboxylic acids is 1. The van der Waals surface area contributed by atoms with Gasteiger partial charge in [0.05, 0.1) is 6.61 Å². The second-order valence-corrected chi connectivity index (χ2v) is 9.99. The van der Waals surface area contributed by atoms with Crippen molar-refractivity contribution in [2.75, 3.05) is 13.2 Å². The predicted octanol–water partition coefficient (Wildman–Crippen LogP) is 7.90. The summed E-state index contributed by atoms with van der Waals surface area (Å²) in [5.74, 6) is -3.34. The van der Waals surface area contributed by atoms with E-state index in [1.165, 1.54) is 12.1 Å². The Morgan fingerprint density at radius 2 is 1.35 bits per heavy atom. The van der Waals surface area contributed by atoms with Crippen LogP contribution < -0.4 is 10.1 Å². The summed E-state index contributed by atoms with van der Waals surface area (Å²) in [5, 5.41) is 2.72. The zero-order chi connectivity index (χ0) is 27.2. The van der Waals surface area contributed by atoms with E-state index in [0.717, 1.165) is 37.1 Å². The Morgan fingerprint density at radius 1 is 0.811 bits per heavy atom. The first-order valence-electron chi connectivity index (χ1n) is 12.1. The molecule has 0 radical (unpaired) electrons. The Hall–Kier alpha value is -3.55. The second-order valence-electron chi connectivity index (χ2n) is 9.99. The van der Waals surface area contributed by atoms with Gasteiger partial charge in [-0.1, -0.05) is 19.1 Å². The molecule has 1 N–H and O–H groups in total. The van der Waals surface area contributed by atoms with Crippen LogP contribution in [0.25, 0.3) is 22.3 Å². The molecular formula is C29H31F4NO3. The molecule has 0 saturated heterocycles. The van der Waals surface area contributed by atoms with E-state index in [1.54, 1.807) is 39.0 Å². The first-order valence-corrected chi connectivity index (χ1v) is 12.1. The van der Waals surface area contributed by atoms with Crippen LogP contribution in [0.3, 0.4) is 0 Å². The van der Waals surface area contributed by atoms with Crippen LogP contribution in [0.4, 0.5) is 22.4 Å². The molecule has 198 valence electrons. The lowest BCUT2D eigenvalue weighted by atomic mass is 9.98. The average molecular weight is 518 g/mol. The highest BCUT2D eigenvalue weighted by Gasteiger charge is 2.16. The van der Waals surface area contributed by atoms with Gasteiger partial charge in [-0.25, -0.2) is 22.4 Å². The first-order chi connectivity index (χ1) is 17.4. The lowest BCUT2D eigenvalue weighted by Gasteiger charge is -2.20. The third kappa shape index (κ3) is 8.51. The third-order valence-corrected chi connectivity index (χ3v) is 5.49. The summed E-state index contributed by atoms with van der Waals surface area (Å²) in [4.78, 5) is 11.7. The number of ether oxygens (including phenoxy) is 2. The lowest BCUT2D eigenvalue weighted by Crippen LogP contribution is -2.33. The molecule has 3 aromatic carbocycles. The molecule has 0 fully saturated rings. The minimum absolute atomic E-state index is 0.138. The Balaban J connectivity index is 1.71. The van der Waals surface area contributed by atoms with Crippen LogP contribution in [-0.2, 0) is 4.74 Å². The maximum Gasteiger partial charge on any atom is 0.407 e. The molecule has 3 rings (SSSR count). The van der Waals surface area contributed by atoms with E-state index in [9.17, 15) is 22.4 Å². The molecule has 0 saturated carbocycles. The van der Waals surface area contributed by atoms with Gasteiger partial charge in [0.15, 0.2) is 23.3 Å². The number of nitrogens with one attached hydrogen (secondary N) is 1. The van der Waals surface area contributed by atoms with Gasteiger partial charge in [0.1, 0.15) is 11.4 Å². The smallest absolute Gasteiger partial charge is 0.407 e. The van der Waals surface area contributed by atoms with Crippen LogP contribution in [0, 0.1) is 29.2 Å². The normalized spacial score (nSPS) is 12.2. The van der Waals surface area contributed by atoms with Crippen LogP contribution in [0.5, 0.6) is 5.75 Å². The number of amides is 1. The molecule has 0 heterocycles. The van der Waals surface area contributed by atoms with Gasteiger partial charge in [-0.2, -0.15) is 0 Å². The Bertz CT molecular complexity index is 1170.